The molecule has 3 aliphatic heterocycles. The van der Waals surface area contributed by atoms with E-state index in [9.17, 15) is 9.59 Å². The number of anilines is 1. The van der Waals surface area contributed by atoms with Gasteiger partial charge >= 0.3 is 0 Å². The molecule has 2 fully saturated rings. The van der Waals surface area contributed by atoms with E-state index >= 15 is 0 Å². The summed E-state index contributed by atoms with van der Waals surface area (Å²) in [6.07, 6.45) is 6.01. The Kier molecular flexibility index (Phi) is 3.87. The zero-order valence-electron chi connectivity index (χ0n) is 14.6. The molecule has 2 amide bonds. The molecule has 6 nitrogen and oxygen atoms in total. The van der Waals surface area contributed by atoms with Crippen molar-refractivity contribution < 1.29 is 14.3 Å². The maximum Gasteiger partial charge on any atom is 0.233 e. The Hall–Kier alpha value is -2.51. The van der Waals surface area contributed by atoms with Crippen LogP contribution in [-0.4, -0.2) is 46.5 Å². The minimum absolute atomic E-state index is 0.0112. The van der Waals surface area contributed by atoms with Crippen molar-refractivity contribution in [2.24, 2.45) is 11.8 Å². The lowest BCUT2D eigenvalue weighted by Gasteiger charge is -2.23. The summed E-state index contributed by atoms with van der Waals surface area (Å²) >= 11 is 1.36. The van der Waals surface area contributed by atoms with E-state index in [4.69, 9.17) is 4.74 Å². The summed E-state index contributed by atoms with van der Waals surface area (Å²) in [6, 6.07) is 10.1. The summed E-state index contributed by atoms with van der Waals surface area (Å²) in [5.74, 6) is -1.14. The molecule has 3 aliphatic rings. The Morgan fingerprint density at radius 1 is 1.37 bits per heavy atom. The highest BCUT2D eigenvalue weighted by Gasteiger charge is 2.66. The molecule has 0 unspecified atom stereocenters. The third-order valence-electron chi connectivity index (χ3n) is 5.66. The lowest BCUT2D eigenvalue weighted by atomic mass is 9.77. The van der Waals surface area contributed by atoms with Crippen LogP contribution in [0.3, 0.4) is 0 Å². The van der Waals surface area contributed by atoms with Crippen LogP contribution in [0.1, 0.15) is 5.56 Å². The van der Waals surface area contributed by atoms with E-state index < -0.39 is 17.4 Å². The maximum absolute atomic E-state index is 13.1. The molecule has 1 spiro atoms. The van der Waals surface area contributed by atoms with Crippen LogP contribution in [0.5, 0.6) is 0 Å². The van der Waals surface area contributed by atoms with Gasteiger partial charge in [-0.3, -0.25) is 9.59 Å². The van der Waals surface area contributed by atoms with Crippen molar-refractivity contribution in [1.29, 1.82) is 0 Å². The van der Waals surface area contributed by atoms with Gasteiger partial charge in [0.2, 0.25) is 11.8 Å². The number of thiazole rings is 1. The number of nitrogens with zero attached hydrogens (tertiary/aromatic N) is 2. The van der Waals surface area contributed by atoms with Crippen LogP contribution < -0.4 is 5.32 Å². The largest absolute Gasteiger partial charge is 0.360 e. The second-order valence-corrected chi connectivity index (χ2v) is 8.12. The van der Waals surface area contributed by atoms with Gasteiger partial charge in [0.05, 0.1) is 24.5 Å². The van der Waals surface area contributed by atoms with Crippen LogP contribution in [0.15, 0.2) is 54.1 Å². The predicted molar refractivity (Wildman–Crippen MR) is 101 cm³/mol. The second-order valence-electron chi connectivity index (χ2n) is 7.22. The van der Waals surface area contributed by atoms with E-state index in [0.29, 0.717) is 18.2 Å². The van der Waals surface area contributed by atoms with Gasteiger partial charge in [-0.15, -0.1) is 11.3 Å². The summed E-state index contributed by atoms with van der Waals surface area (Å²) in [4.78, 5) is 31.9. The van der Waals surface area contributed by atoms with Crippen LogP contribution in [-0.2, 0) is 20.7 Å². The van der Waals surface area contributed by atoms with Crippen molar-refractivity contribution >= 4 is 28.3 Å². The number of carbonyl (C=O) groups is 2. The summed E-state index contributed by atoms with van der Waals surface area (Å²) < 4.78 is 6.14. The molecule has 2 aromatic rings. The Morgan fingerprint density at radius 3 is 3.00 bits per heavy atom. The molecular weight excluding hydrogens is 362 g/mol. The third-order valence-corrected chi connectivity index (χ3v) is 6.35. The van der Waals surface area contributed by atoms with Gasteiger partial charge in [0.25, 0.3) is 0 Å². The first-order valence-electron chi connectivity index (χ1n) is 9.06. The standard InChI is InChI=1S/C20H19N3O3S/c24-17(22-19-21-9-11-27-19)15-14-6-8-20(26-14)12-23(18(25)16(15)20)10-7-13-4-2-1-3-5-13/h1-6,8-9,11,14-16H,7,10,12H2,(H,21,22,24)/t14-,15+,16-,20-/m1/s1. The molecule has 138 valence electrons. The Morgan fingerprint density at radius 2 is 2.22 bits per heavy atom. The molecule has 27 heavy (non-hydrogen) atoms. The minimum Gasteiger partial charge on any atom is -0.360 e. The van der Waals surface area contributed by atoms with Crippen molar-refractivity contribution in [2.45, 2.75) is 18.1 Å². The molecule has 4 atom stereocenters. The first-order chi connectivity index (χ1) is 13.2. The van der Waals surface area contributed by atoms with Crippen molar-refractivity contribution in [3.8, 4) is 0 Å². The Labute approximate surface area is 160 Å². The van der Waals surface area contributed by atoms with Crippen LogP contribution >= 0.6 is 11.3 Å². The number of nitrogens with one attached hydrogen (secondary N) is 1. The number of ether oxygens (including phenoxy) is 1. The normalized spacial score (nSPS) is 30.7. The zero-order valence-corrected chi connectivity index (χ0v) is 15.4. The first kappa shape index (κ1) is 16.6. The molecule has 0 aliphatic carbocycles. The van der Waals surface area contributed by atoms with Crippen LogP contribution in [0, 0.1) is 11.8 Å². The lowest BCUT2D eigenvalue weighted by molar-refractivity contribution is -0.135. The highest BCUT2D eigenvalue weighted by atomic mass is 32.1. The summed E-state index contributed by atoms with van der Waals surface area (Å²) in [6.45, 7) is 1.14. The molecule has 2 saturated heterocycles. The van der Waals surface area contributed by atoms with Gasteiger partial charge in [-0.05, 0) is 12.0 Å². The van der Waals surface area contributed by atoms with E-state index in [0.717, 1.165) is 6.42 Å². The monoisotopic (exact) mass is 381 g/mol. The van der Waals surface area contributed by atoms with Gasteiger partial charge in [0.15, 0.2) is 5.13 Å². The molecule has 4 heterocycles. The van der Waals surface area contributed by atoms with E-state index in [1.165, 1.54) is 16.9 Å². The summed E-state index contributed by atoms with van der Waals surface area (Å²) in [5.41, 5.74) is 0.530. The fourth-order valence-electron chi connectivity index (χ4n) is 4.45. The number of fused-ring (bicyclic) bond motifs is 1. The average Bonchev–Trinajstić information content (AvgIpc) is 3.44. The number of likely N-dealkylation sites (tertiary alicyclic amines) is 1. The topological polar surface area (TPSA) is 71.5 Å². The first-order valence-corrected chi connectivity index (χ1v) is 9.94. The van der Waals surface area contributed by atoms with Crippen molar-refractivity contribution in [3.05, 3.63) is 59.6 Å². The molecule has 0 saturated carbocycles. The fourth-order valence-corrected chi connectivity index (χ4v) is 4.98. The van der Waals surface area contributed by atoms with Gasteiger partial charge < -0.3 is 15.0 Å². The smallest absolute Gasteiger partial charge is 0.233 e. The minimum atomic E-state index is -0.663. The number of benzene rings is 1. The SMILES string of the molecule is O=C(Nc1nccs1)[C@H]1[C@H]2C=C[C@]3(CN(CCc4ccccc4)C(=O)[C@@H]13)O2. The van der Waals surface area contributed by atoms with E-state index in [2.05, 4.69) is 22.4 Å². The van der Waals surface area contributed by atoms with Crippen molar-refractivity contribution in [3.63, 3.8) is 0 Å². The van der Waals surface area contributed by atoms with Gasteiger partial charge in [-0.2, -0.15) is 0 Å². The predicted octanol–water partition coefficient (Wildman–Crippen LogP) is 2.11. The molecule has 0 radical (unpaired) electrons. The van der Waals surface area contributed by atoms with Gasteiger partial charge in [-0.25, -0.2) is 4.98 Å². The molecule has 1 aromatic carbocycles. The molecule has 7 heteroatoms. The second kappa shape index (κ2) is 6.28. The van der Waals surface area contributed by atoms with Crippen LogP contribution in [0.4, 0.5) is 5.13 Å². The molecule has 5 rings (SSSR count). The Balaban J connectivity index is 1.33. The summed E-state index contributed by atoms with van der Waals surface area (Å²) in [7, 11) is 0. The molecular formula is C20H19N3O3S. The number of carbonyl (C=O) groups excluding carboxylic acids is 2. The maximum atomic E-state index is 13.1. The van der Waals surface area contributed by atoms with Gasteiger partial charge in [-0.1, -0.05) is 42.5 Å². The van der Waals surface area contributed by atoms with E-state index in [1.807, 2.05) is 35.3 Å². The van der Waals surface area contributed by atoms with E-state index in [1.54, 1.807) is 11.6 Å². The zero-order chi connectivity index (χ0) is 18.4. The van der Waals surface area contributed by atoms with Crippen molar-refractivity contribution in [2.75, 3.05) is 18.4 Å². The quantitative estimate of drug-likeness (QED) is 0.806. The number of rotatable bonds is 5. The Bertz CT molecular complexity index is 898. The summed E-state index contributed by atoms with van der Waals surface area (Å²) in [5, 5.41) is 5.19. The molecule has 1 aromatic heterocycles. The lowest BCUT2D eigenvalue weighted by Crippen LogP contribution is -2.41. The van der Waals surface area contributed by atoms with Gasteiger partial charge in [0.1, 0.15) is 5.60 Å². The molecule has 2 bridgehead atoms. The number of hydrogen-bond donors (Lipinski definition) is 1. The fraction of sp³-hybridized carbons (Fsp3) is 0.350. The van der Waals surface area contributed by atoms with Crippen LogP contribution in [0.2, 0.25) is 0 Å². The highest BCUT2D eigenvalue weighted by molar-refractivity contribution is 7.13. The number of amides is 2. The van der Waals surface area contributed by atoms with E-state index in [-0.39, 0.29) is 17.9 Å². The van der Waals surface area contributed by atoms with Crippen LogP contribution in [0.25, 0.3) is 0 Å². The average molecular weight is 381 g/mol. The van der Waals surface area contributed by atoms with Crippen molar-refractivity contribution in [1.82, 2.24) is 9.88 Å². The van der Waals surface area contributed by atoms with Gasteiger partial charge in [0, 0.05) is 18.1 Å². The molecule has 1 N–H and O–H groups in total. The highest BCUT2D eigenvalue weighted by Crippen LogP contribution is 2.52. The number of aromatic nitrogens is 1. The third kappa shape index (κ3) is 2.69. The number of hydrogen-bond acceptors (Lipinski definition) is 5.